The van der Waals surface area contributed by atoms with Crippen LogP contribution in [0, 0.1) is 0 Å². The summed E-state index contributed by atoms with van der Waals surface area (Å²) in [5.41, 5.74) is 0. The van der Waals surface area contributed by atoms with Crippen LogP contribution in [0.1, 0.15) is 6.92 Å². The highest BCUT2D eigenvalue weighted by atomic mass is 16.7. The van der Waals surface area contributed by atoms with Crippen molar-refractivity contribution in [3.63, 3.8) is 0 Å². The second kappa shape index (κ2) is 5.72. The molecule has 4 heteroatoms. The predicted molar refractivity (Wildman–Crippen MR) is 60.9 cm³/mol. The predicted octanol–water partition coefficient (Wildman–Crippen LogP) is 2.08. The fraction of sp³-hybridized carbons (Fsp3) is 0.500. The monoisotopic (exact) mass is 226 g/mol. The first-order valence-electron chi connectivity index (χ1n) is 5.00. The first kappa shape index (κ1) is 12.8. The molecule has 4 nitrogen and oxygen atoms in total. The Morgan fingerprint density at radius 1 is 0.938 bits per heavy atom. The molecule has 0 fully saturated rings. The van der Waals surface area contributed by atoms with E-state index in [0.29, 0.717) is 6.61 Å². The minimum absolute atomic E-state index is 0.326. The van der Waals surface area contributed by atoms with E-state index in [1.165, 1.54) is 0 Å². The Kier molecular flexibility index (Phi) is 4.58. The highest BCUT2D eigenvalue weighted by molar-refractivity contribution is 5.31. The molecule has 0 amide bonds. The molecule has 0 bridgehead atoms. The Morgan fingerprint density at radius 3 is 1.88 bits per heavy atom. The van der Waals surface area contributed by atoms with Crippen molar-refractivity contribution in [3.8, 4) is 11.5 Å². The minimum Gasteiger partial charge on any atom is -0.497 e. The van der Waals surface area contributed by atoms with Gasteiger partial charge in [-0.25, -0.2) is 0 Å². The zero-order chi connectivity index (χ0) is 12.0. The van der Waals surface area contributed by atoms with Crippen molar-refractivity contribution in [2.75, 3.05) is 27.9 Å². The molecule has 90 valence electrons. The van der Waals surface area contributed by atoms with Gasteiger partial charge in [-0.3, -0.25) is 0 Å². The fourth-order valence-corrected chi connectivity index (χ4v) is 1.09. The van der Waals surface area contributed by atoms with Crippen LogP contribution in [0.3, 0.4) is 0 Å². The molecule has 0 aliphatic rings. The van der Waals surface area contributed by atoms with Crippen molar-refractivity contribution >= 4 is 0 Å². The first-order valence-corrected chi connectivity index (χ1v) is 5.00. The maximum atomic E-state index is 5.55. The summed E-state index contributed by atoms with van der Waals surface area (Å²) in [5.74, 6) is 0.828. The van der Waals surface area contributed by atoms with Gasteiger partial charge in [-0.2, -0.15) is 0 Å². The molecule has 0 aliphatic heterocycles. The average Bonchev–Trinajstić information content (AvgIpc) is 2.36. The van der Waals surface area contributed by atoms with Crippen molar-refractivity contribution in [1.29, 1.82) is 0 Å². The van der Waals surface area contributed by atoms with Gasteiger partial charge in [-0.05, 0) is 31.2 Å². The molecule has 0 saturated carbocycles. The lowest BCUT2D eigenvalue weighted by Gasteiger charge is -2.26. The molecular weight excluding hydrogens is 208 g/mol. The summed E-state index contributed by atoms with van der Waals surface area (Å²) < 4.78 is 21.0. The van der Waals surface area contributed by atoms with Gasteiger partial charge >= 0.3 is 0 Å². The molecule has 0 aliphatic carbocycles. The Balaban J connectivity index is 2.54. The van der Waals surface area contributed by atoms with E-state index < -0.39 is 5.79 Å². The summed E-state index contributed by atoms with van der Waals surface area (Å²) in [6.07, 6.45) is 0. The van der Waals surface area contributed by atoms with E-state index in [1.54, 1.807) is 21.3 Å². The SMILES string of the molecule is COc1ccc(OCC(C)(OC)OC)cc1. The van der Waals surface area contributed by atoms with Crippen LogP contribution in [0.5, 0.6) is 11.5 Å². The Hall–Kier alpha value is -1.26. The van der Waals surface area contributed by atoms with Gasteiger partial charge < -0.3 is 18.9 Å². The van der Waals surface area contributed by atoms with Crippen LogP contribution in [0.2, 0.25) is 0 Å². The van der Waals surface area contributed by atoms with Crippen LogP contribution in [0.25, 0.3) is 0 Å². The number of ether oxygens (including phenoxy) is 4. The lowest BCUT2D eigenvalue weighted by atomic mass is 10.3. The van der Waals surface area contributed by atoms with E-state index in [4.69, 9.17) is 18.9 Å². The van der Waals surface area contributed by atoms with Crippen LogP contribution in [-0.4, -0.2) is 33.7 Å². The van der Waals surface area contributed by atoms with Gasteiger partial charge in [0.1, 0.15) is 18.1 Å². The summed E-state index contributed by atoms with van der Waals surface area (Å²) >= 11 is 0. The summed E-state index contributed by atoms with van der Waals surface area (Å²) in [6, 6.07) is 7.35. The molecule has 1 aromatic rings. The van der Waals surface area contributed by atoms with Crippen molar-refractivity contribution < 1.29 is 18.9 Å². The highest BCUT2D eigenvalue weighted by Crippen LogP contribution is 2.19. The largest absolute Gasteiger partial charge is 0.497 e. The Bertz CT molecular complexity index is 303. The van der Waals surface area contributed by atoms with E-state index in [-0.39, 0.29) is 0 Å². The van der Waals surface area contributed by atoms with Gasteiger partial charge in [0.2, 0.25) is 0 Å². The second-order valence-corrected chi connectivity index (χ2v) is 3.51. The second-order valence-electron chi connectivity index (χ2n) is 3.51. The van der Waals surface area contributed by atoms with Crippen molar-refractivity contribution in [3.05, 3.63) is 24.3 Å². The third-order valence-corrected chi connectivity index (χ3v) is 2.42. The maximum Gasteiger partial charge on any atom is 0.199 e. The number of benzene rings is 1. The van der Waals surface area contributed by atoms with E-state index >= 15 is 0 Å². The van der Waals surface area contributed by atoms with Crippen molar-refractivity contribution in [2.24, 2.45) is 0 Å². The summed E-state index contributed by atoms with van der Waals surface area (Å²) in [6.45, 7) is 2.14. The molecule has 0 unspecified atom stereocenters. The highest BCUT2D eigenvalue weighted by Gasteiger charge is 2.23. The molecule has 0 N–H and O–H groups in total. The van der Waals surface area contributed by atoms with Crippen molar-refractivity contribution in [2.45, 2.75) is 12.7 Å². The molecule has 1 rings (SSSR count). The third-order valence-electron chi connectivity index (χ3n) is 2.42. The van der Waals surface area contributed by atoms with Crippen LogP contribution >= 0.6 is 0 Å². The summed E-state index contributed by atoms with van der Waals surface area (Å²) in [4.78, 5) is 0. The van der Waals surface area contributed by atoms with E-state index in [0.717, 1.165) is 11.5 Å². The van der Waals surface area contributed by atoms with Gasteiger partial charge in [0.25, 0.3) is 0 Å². The van der Waals surface area contributed by atoms with Gasteiger partial charge in [0.15, 0.2) is 5.79 Å². The average molecular weight is 226 g/mol. The molecule has 0 atom stereocenters. The van der Waals surface area contributed by atoms with Gasteiger partial charge in [0, 0.05) is 14.2 Å². The number of methoxy groups -OCH3 is 3. The number of hydrogen-bond donors (Lipinski definition) is 0. The zero-order valence-electron chi connectivity index (χ0n) is 10.1. The smallest absolute Gasteiger partial charge is 0.199 e. The fourth-order valence-electron chi connectivity index (χ4n) is 1.09. The Labute approximate surface area is 96.1 Å². The van der Waals surface area contributed by atoms with Crippen LogP contribution < -0.4 is 9.47 Å². The van der Waals surface area contributed by atoms with E-state index in [2.05, 4.69) is 0 Å². The lowest BCUT2D eigenvalue weighted by molar-refractivity contribution is -0.209. The molecule has 0 spiro atoms. The summed E-state index contributed by atoms with van der Waals surface area (Å²) in [5, 5.41) is 0. The maximum absolute atomic E-state index is 5.55. The minimum atomic E-state index is -0.722. The number of hydrogen-bond acceptors (Lipinski definition) is 4. The zero-order valence-corrected chi connectivity index (χ0v) is 10.1. The molecule has 1 aromatic carbocycles. The molecular formula is C12H18O4. The first-order chi connectivity index (χ1) is 7.63. The summed E-state index contributed by atoms with van der Waals surface area (Å²) in [7, 11) is 4.80. The topological polar surface area (TPSA) is 36.9 Å². The molecule has 0 radical (unpaired) electrons. The van der Waals surface area contributed by atoms with Gasteiger partial charge in [-0.1, -0.05) is 0 Å². The molecule has 16 heavy (non-hydrogen) atoms. The van der Waals surface area contributed by atoms with Crippen LogP contribution in [-0.2, 0) is 9.47 Å². The quantitative estimate of drug-likeness (QED) is 0.696. The third kappa shape index (κ3) is 3.40. The molecule has 0 saturated heterocycles. The van der Waals surface area contributed by atoms with Crippen LogP contribution in [0.15, 0.2) is 24.3 Å². The normalized spacial score (nSPS) is 11.2. The van der Waals surface area contributed by atoms with Crippen LogP contribution in [0.4, 0.5) is 0 Å². The number of rotatable bonds is 6. The van der Waals surface area contributed by atoms with Gasteiger partial charge in [0.05, 0.1) is 7.11 Å². The molecule has 0 aromatic heterocycles. The Morgan fingerprint density at radius 2 is 1.44 bits per heavy atom. The van der Waals surface area contributed by atoms with Gasteiger partial charge in [-0.15, -0.1) is 0 Å². The van der Waals surface area contributed by atoms with E-state index in [9.17, 15) is 0 Å². The van der Waals surface area contributed by atoms with E-state index in [1.807, 2.05) is 31.2 Å². The lowest BCUT2D eigenvalue weighted by Crippen LogP contribution is -2.36. The van der Waals surface area contributed by atoms with Crippen molar-refractivity contribution in [1.82, 2.24) is 0 Å². The standard InChI is InChI=1S/C12H18O4/c1-12(14-3,15-4)9-16-11-7-5-10(13-2)6-8-11/h5-8H,9H2,1-4H3. The molecule has 0 heterocycles.